The number of hydrogen-bond donors (Lipinski definition) is 2. The van der Waals surface area contributed by atoms with Crippen LogP contribution in [0.3, 0.4) is 0 Å². The Bertz CT molecular complexity index is 1660. The highest BCUT2D eigenvalue weighted by molar-refractivity contribution is 7.90. The predicted octanol–water partition coefficient (Wildman–Crippen LogP) is 3.69. The van der Waals surface area contributed by atoms with E-state index in [-0.39, 0.29) is 18.3 Å². The monoisotopic (exact) mass is 600 g/mol. The summed E-state index contributed by atoms with van der Waals surface area (Å²) in [7, 11) is -6.88. The summed E-state index contributed by atoms with van der Waals surface area (Å²) in [6.07, 6.45) is 1.32. The van der Waals surface area contributed by atoms with E-state index in [4.69, 9.17) is 14.2 Å². The zero-order valence-corrected chi connectivity index (χ0v) is 24.6. The number of benzene rings is 3. The third kappa shape index (κ3) is 6.83. The Morgan fingerprint density at radius 3 is 2.39 bits per heavy atom. The molecule has 0 aliphatic carbocycles. The molecule has 2 aliphatic heterocycles. The molecular formula is C29H32N2O8S2. The van der Waals surface area contributed by atoms with Crippen LogP contribution in [0.4, 0.5) is 0 Å². The molecule has 2 atom stereocenters. The van der Waals surface area contributed by atoms with Crippen molar-refractivity contribution in [2.45, 2.75) is 38.8 Å². The molecule has 0 aromatic heterocycles. The van der Waals surface area contributed by atoms with Gasteiger partial charge in [-0.15, -0.1) is 0 Å². The minimum absolute atomic E-state index is 0.0151. The lowest BCUT2D eigenvalue weighted by Crippen LogP contribution is -2.48. The van der Waals surface area contributed by atoms with Crippen LogP contribution in [0.1, 0.15) is 47.2 Å². The third-order valence-corrected chi connectivity index (χ3v) is 9.09. The number of para-hydroxylation sites is 1. The number of fused-ring (bicyclic) bond motifs is 1. The highest BCUT2D eigenvalue weighted by Crippen LogP contribution is 2.45. The SMILES string of the molecule is Cc1cc(OCCCS(C)(=O)=O)cc(C)c1-c1cccc2c1OC[C@H]2Oc1ccc(C2CC(=O)NS(=O)(=O)N2)cc1. The molecule has 2 aliphatic rings. The van der Waals surface area contributed by atoms with E-state index in [0.29, 0.717) is 36.7 Å². The maximum absolute atomic E-state index is 11.8. The van der Waals surface area contributed by atoms with Crippen molar-refractivity contribution in [2.24, 2.45) is 0 Å². The number of sulfone groups is 1. The average Bonchev–Trinajstić information content (AvgIpc) is 3.28. The number of hydrogen-bond acceptors (Lipinski definition) is 8. The van der Waals surface area contributed by atoms with Crippen molar-refractivity contribution >= 4 is 26.0 Å². The van der Waals surface area contributed by atoms with Crippen molar-refractivity contribution in [2.75, 3.05) is 25.2 Å². The van der Waals surface area contributed by atoms with E-state index in [0.717, 1.165) is 33.6 Å². The molecule has 1 fully saturated rings. The summed E-state index contributed by atoms with van der Waals surface area (Å²) in [5.41, 5.74) is 5.58. The Kier molecular flexibility index (Phi) is 8.00. The van der Waals surface area contributed by atoms with Gasteiger partial charge in [-0.05, 0) is 66.8 Å². The lowest BCUT2D eigenvalue weighted by Gasteiger charge is -2.24. The molecule has 10 nitrogen and oxygen atoms in total. The summed E-state index contributed by atoms with van der Waals surface area (Å²) >= 11 is 0. The molecule has 3 aromatic carbocycles. The van der Waals surface area contributed by atoms with E-state index in [1.165, 1.54) is 6.26 Å². The highest BCUT2D eigenvalue weighted by Gasteiger charge is 2.31. The molecule has 2 N–H and O–H groups in total. The molecule has 5 rings (SSSR count). The van der Waals surface area contributed by atoms with Crippen LogP contribution in [-0.2, 0) is 24.8 Å². The van der Waals surface area contributed by atoms with E-state index in [1.54, 1.807) is 24.3 Å². The van der Waals surface area contributed by atoms with Crippen molar-refractivity contribution in [3.05, 3.63) is 76.9 Å². The van der Waals surface area contributed by atoms with Gasteiger partial charge in [0.2, 0.25) is 5.91 Å². The third-order valence-electron chi connectivity index (χ3n) is 6.97. The van der Waals surface area contributed by atoms with Gasteiger partial charge in [0.05, 0.1) is 18.4 Å². The van der Waals surface area contributed by atoms with Gasteiger partial charge in [0.25, 0.3) is 0 Å². The number of carbonyl (C=O) groups is 1. The molecule has 0 spiro atoms. The molecular weight excluding hydrogens is 568 g/mol. The first-order chi connectivity index (χ1) is 19.4. The van der Waals surface area contributed by atoms with Gasteiger partial charge in [0, 0.05) is 23.8 Å². The first kappa shape index (κ1) is 28.9. The Hall–Kier alpha value is -3.61. The van der Waals surface area contributed by atoms with Crippen molar-refractivity contribution in [3.8, 4) is 28.4 Å². The van der Waals surface area contributed by atoms with Gasteiger partial charge in [-0.25, -0.2) is 13.1 Å². The van der Waals surface area contributed by atoms with E-state index in [1.807, 2.05) is 48.9 Å². The van der Waals surface area contributed by atoms with Crippen molar-refractivity contribution in [1.82, 2.24) is 9.44 Å². The van der Waals surface area contributed by atoms with Gasteiger partial charge in [0.1, 0.15) is 33.7 Å². The van der Waals surface area contributed by atoms with Crippen molar-refractivity contribution in [3.63, 3.8) is 0 Å². The molecule has 1 unspecified atom stereocenters. The molecule has 1 saturated heterocycles. The summed E-state index contributed by atoms with van der Waals surface area (Å²) in [6, 6.07) is 16.2. The topological polar surface area (TPSA) is 137 Å². The molecule has 0 radical (unpaired) electrons. The van der Waals surface area contributed by atoms with Crippen LogP contribution < -0.4 is 23.7 Å². The predicted molar refractivity (Wildman–Crippen MR) is 154 cm³/mol. The quantitative estimate of drug-likeness (QED) is 0.355. The fraction of sp³-hybridized carbons (Fsp3) is 0.345. The molecule has 218 valence electrons. The van der Waals surface area contributed by atoms with Crippen LogP contribution >= 0.6 is 0 Å². The molecule has 0 bridgehead atoms. The fourth-order valence-electron chi connectivity index (χ4n) is 5.22. The Balaban J connectivity index is 1.30. The molecule has 2 heterocycles. The Labute approximate surface area is 240 Å². The van der Waals surface area contributed by atoms with Crippen LogP contribution in [0.5, 0.6) is 17.2 Å². The molecule has 3 aromatic rings. The molecule has 1 amide bonds. The standard InChI is InChI=1S/C29H32N2O8S2/c1-18-14-22(37-12-5-13-40(3,33)34)15-19(2)28(18)24-7-4-6-23-26(17-38-29(23)24)39-21-10-8-20(9-11-21)25-16-27(32)31-41(35,36)30-25/h4,6-11,14-15,25-26,30H,5,12-13,16-17H2,1-3H3,(H,31,32)/t25?,26-/m1/s1. The number of amides is 1. The first-order valence-electron chi connectivity index (χ1n) is 13.2. The zero-order valence-electron chi connectivity index (χ0n) is 23.0. The van der Waals surface area contributed by atoms with E-state index >= 15 is 0 Å². The van der Waals surface area contributed by atoms with Crippen LogP contribution in [0.25, 0.3) is 11.1 Å². The fourth-order valence-corrected chi connectivity index (χ4v) is 6.90. The molecule has 12 heteroatoms. The van der Waals surface area contributed by atoms with E-state index < -0.39 is 32.0 Å². The van der Waals surface area contributed by atoms with Crippen LogP contribution in [0.2, 0.25) is 0 Å². The van der Waals surface area contributed by atoms with Crippen LogP contribution in [0.15, 0.2) is 54.6 Å². The second kappa shape index (κ2) is 11.3. The minimum Gasteiger partial charge on any atom is -0.494 e. The summed E-state index contributed by atoms with van der Waals surface area (Å²) in [6.45, 7) is 4.66. The van der Waals surface area contributed by atoms with Gasteiger partial charge in [-0.1, -0.05) is 30.3 Å². The van der Waals surface area contributed by atoms with Crippen LogP contribution in [-0.4, -0.2) is 48.0 Å². The summed E-state index contributed by atoms with van der Waals surface area (Å²) < 4.78 is 69.0. The number of rotatable bonds is 9. The number of aryl methyl sites for hydroxylation is 2. The van der Waals surface area contributed by atoms with Crippen molar-refractivity contribution in [1.29, 1.82) is 0 Å². The molecule has 41 heavy (non-hydrogen) atoms. The smallest absolute Gasteiger partial charge is 0.301 e. The minimum atomic E-state index is -3.86. The summed E-state index contributed by atoms with van der Waals surface area (Å²) in [5, 5.41) is 0. The highest BCUT2D eigenvalue weighted by atomic mass is 32.2. The second-order valence-electron chi connectivity index (χ2n) is 10.4. The summed E-state index contributed by atoms with van der Waals surface area (Å²) in [5.74, 6) is 1.57. The number of carbonyl (C=O) groups excluding carboxylic acids is 1. The number of ether oxygens (including phenoxy) is 3. The molecule has 0 saturated carbocycles. The largest absolute Gasteiger partial charge is 0.494 e. The lowest BCUT2D eigenvalue weighted by molar-refractivity contribution is -0.120. The van der Waals surface area contributed by atoms with Gasteiger partial charge in [0.15, 0.2) is 6.10 Å². The van der Waals surface area contributed by atoms with Gasteiger partial charge >= 0.3 is 10.2 Å². The zero-order chi connectivity index (χ0) is 29.4. The van der Waals surface area contributed by atoms with Crippen molar-refractivity contribution < 1.29 is 35.8 Å². The lowest BCUT2D eigenvalue weighted by atomic mass is 9.93. The van der Waals surface area contributed by atoms with Gasteiger partial charge < -0.3 is 14.2 Å². The van der Waals surface area contributed by atoms with E-state index in [2.05, 4.69) is 4.72 Å². The maximum atomic E-state index is 11.8. The van der Waals surface area contributed by atoms with Crippen LogP contribution in [0, 0.1) is 13.8 Å². The Morgan fingerprint density at radius 2 is 1.73 bits per heavy atom. The first-order valence-corrected chi connectivity index (χ1v) is 16.7. The van der Waals surface area contributed by atoms with Gasteiger partial charge in [-0.3, -0.25) is 4.79 Å². The average molecular weight is 601 g/mol. The normalized spacial score (nSPS) is 19.6. The second-order valence-corrected chi connectivity index (χ2v) is 14.1. The van der Waals surface area contributed by atoms with Gasteiger partial charge in [-0.2, -0.15) is 13.1 Å². The number of nitrogens with one attached hydrogen (secondary N) is 2. The Morgan fingerprint density at radius 1 is 1.02 bits per heavy atom. The summed E-state index contributed by atoms with van der Waals surface area (Å²) in [4.78, 5) is 11.8. The van der Waals surface area contributed by atoms with E-state index in [9.17, 15) is 21.6 Å². The maximum Gasteiger partial charge on any atom is 0.301 e.